The summed E-state index contributed by atoms with van der Waals surface area (Å²) in [6.07, 6.45) is 1.37. The van der Waals surface area contributed by atoms with Crippen molar-refractivity contribution in [2.24, 2.45) is 4.99 Å². The van der Waals surface area contributed by atoms with Gasteiger partial charge in [-0.1, -0.05) is 60.7 Å². The predicted octanol–water partition coefficient (Wildman–Crippen LogP) is 3.86. The second-order valence-electron chi connectivity index (χ2n) is 6.89. The number of halogens is 1. The molecule has 0 saturated heterocycles. The third-order valence-electron chi connectivity index (χ3n) is 4.57. The number of amides is 1. The number of nitrogens with one attached hydrogen (secondary N) is 2. The smallest absolute Gasteiger partial charge is 0.223 e. The Kier molecular flexibility index (Phi) is 12.0. The minimum atomic E-state index is 0. The van der Waals surface area contributed by atoms with Crippen LogP contribution in [0.2, 0.25) is 0 Å². The van der Waals surface area contributed by atoms with Gasteiger partial charge in [-0.25, -0.2) is 0 Å². The van der Waals surface area contributed by atoms with Crippen molar-refractivity contribution in [1.29, 1.82) is 0 Å². The van der Waals surface area contributed by atoms with Crippen LogP contribution in [0, 0.1) is 0 Å². The fraction of sp³-hybridized carbons (Fsp3) is 0.391. The lowest BCUT2D eigenvalue weighted by Gasteiger charge is -2.18. The summed E-state index contributed by atoms with van der Waals surface area (Å²) in [6, 6.07) is 21.1. The minimum absolute atomic E-state index is 0. The molecule has 5 nitrogen and oxygen atoms in total. The van der Waals surface area contributed by atoms with E-state index < -0.39 is 0 Å². The van der Waals surface area contributed by atoms with Crippen molar-refractivity contribution in [3.8, 4) is 0 Å². The lowest BCUT2D eigenvalue weighted by Crippen LogP contribution is -2.39. The highest BCUT2D eigenvalue weighted by Gasteiger charge is 2.13. The van der Waals surface area contributed by atoms with Crippen LogP contribution in [-0.2, 0) is 4.79 Å². The van der Waals surface area contributed by atoms with Gasteiger partial charge in [0.25, 0.3) is 0 Å². The number of guanidine groups is 1. The normalized spacial score (nSPS) is 11.0. The number of rotatable bonds is 9. The molecule has 0 atom stereocenters. The first-order chi connectivity index (χ1) is 13.6. The van der Waals surface area contributed by atoms with E-state index in [9.17, 15) is 4.79 Å². The zero-order valence-corrected chi connectivity index (χ0v) is 19.9. The van der Waals surface area contributed by atoms with Crippen LogP contribution < -0.4 is 10.6 Å². The molecule has 6 heteroatoms. The van der Waals surface area contributed by atoms with Crippen LogP contribution in [0.5, 0.6) is 0 Å². The molecular formula is C23H33IN4O. The number of hydrogen-bond donors (Lipinski definition) is 2. The maximum absolute atomic E-state index is 11.7. The van der Waals surface area contributed by atoms with E-state index in [1.165, 1.54) is 11.1 Å². The molecule has 0 aliphatic rings. The number of hydrogen-bond acceptors (Lipinski definition) is 2. The molecule has 0 spiro atoms. The first kappa shape index (κ1) is 24.9. The van der Waals surface area contributed by atoms with Gasteiger partial charge in [0.15, 0.2) is 5.96 Å². The zero-order chi connectivity index (χ0) is 20.2. The molecule has 2 rings (SSSR count). The van der Waals surface area contributed by atoms with Crippen molar-refractivity contribution >= 4 is 35.8 Å². The standard InChI is InChI=1S/C23H32N4O.HI/c1-4-24-23(26-18-16-22(28)27(2)3)25-17-15-21(19-11-7-5-8-12-19)20-13-9-6-10-14-20;/h5-14,21H,4,15-18H2,1-3H3,(H2,24,25,26);1H. The molecule has 0 bridgehead atoms. The van der Waals surface area contributed by atoms with Gasteiger partial charge in [-0.2, -0.15) is 0 Å². The Morgan fingerprint density at radius 1 is 0.966 bits per heavy atom. The summed E-state index contributed by atoms with van der Waals surface area (Å²) in [5.41, 5.74) is 2.61. The number of carbonyl (C=O) groups is 1. The first-order valence-electron chi connectivity index (χ1n) is 9.94. The fourth-order valence-electron chi connectivity index (χ4n) is 3.06. The molecule has 0 aliphatic carbocycles. The Morgan fingerprint density at radius 2 is 1.52 bits per heavy atom. The zero-order valence-electron chi connectivity index (χ0n) is 17.6. The largest absolute Gasteiger partial charge is 0.357 e. The highest BCUT2D eigenvalue weighted by atomic mass is 127. The van der Waals surface area contributed by atoms with E-state index in [-0.39, 0.29) is 29.9 Å². The van der Waals surface area contributed by atoms with Crippen LogP contribution in [0.25, 0.3) is 0 Å². The van der Waals surface area contributed by atoms with Crippen LogP contribution in [-0.4, -0.2) is 50.5 Å². The number of benzene rings is 2. The topological polar surface area (TPSA) is 56.7 Å². The van der Waals surface area contributed by atoms with Gasteiger partial charge in [0, 0.05) is 46.1 Å². The van der Waals surface area contributed by atoms with Crippen LogP contribution in [0.15, 0.2) is 65.7 Å². The summed E-state index contributed by atoms with van der Waals surface area (Å²) >= 11 is 0. The quantitative estimate of drug-likeness (QED) is 0.307. The molecule has 29 heavy (non-hydrogen) atoms. The van der Waals surface area contributed by atoms with E-state index in [2.05, 4.69) is 59.2 Å². The van der Waals surface area contributed by atoms with E-state index in [4.69, 9.17) is 4.99 Å². The summed E-state index contributed by atoms with van der Waals surface area (Å²) in [7, 11) is 3.55. The van der Waals surface area contributed by atoms with Gasteiger partial charge < -0.3 is 15.5 Å². The summed E-state index contributed by atoms with van der Waals surface area (Å²) < 4.78 is 0. The maximum atomic E-state index is 11.7. The van der Waals surface area contributed by atoms with Gasteiger partial charge in [-0.15, -0.1) is 24.0 Å². The van der Waals surface area contributed by atoms with Crippen LogP contribution in [0.1, 0.15) is 36.8 Å². The number of nitrogens with zero attached hydrogens (tertiary/aromatic N) is 2. The van der Waals surface area contributed by atoms with Crippen molar-refractivity contribution in [1.82, 2.24) is 15.5 Å². The van der Waals surface area contributed by atoms with Crippen molar-refractivity contribution in [2.75, 3.05) is 33.7 Å². The summed E-state index contributed by atoms with van der Waals surface area (Å²) in [5.74, 6) is 1.18. The summed E-state index contributed by atoms with van der Waals surface area (Å²) in [4.78, 5) is 18.0. The van der Waals surface area contributed by atoms with Crippen molar-refractivity contribution < 1.29 is 4.79 Å². The molecule has 1 amide bonds. The molecule has 0 saturated carbocycles. The van der Waals surface area contributed by atoms with E-state index in [1.54, 1.807) is 19.0 Å². The molecule has 2 N–H and O–H groups in total. The Labute approximate surface area is 192 Å². The van der Waals surface area contributed by atoms with Gasteiger partial charge in [-0.3, -0.25) is 9.79 Å². The summed E-state index contributed by atoms with van der Waals surface area (Å²) in [5, 5.41) is 6.50. The molecule has 2 aromatic rings. The third kappa shape index (κ3) is 8.85. The lowest BCUT2D eigenvalue weighted by molar-refractivity contribution is -0.128. The maximum Gasteiger partial charge on any atom is 0.223 e. The molecule has 0 unspecified atom stereocenters. The van der Waals surface area contributed by atoms with Crippen LogP contribution >= 0.6 is 24.0 Å². The Balaban J connectivity index is 0.00000420. The molecule has 0 aromatic heterocycles. The molecular weight excluding hydrogens is 475 g/mol. The van der Waals surface area contributed by atoms with E-state index in [1.807, 2.05) is 19.1 Å². The second kappa shape index (κ2) is 14.0. The fourth-order valence-corrected chi connectivity index (χ4v) is 3.06. The van der Waals surface area contributed by atoms with Gasteiger partial charge in [0.1, 0.15) is 0 Å². The van der Waals surface area contributed by atoms with E-state index >= 15 is 0 Å². The Hall–Kier alpha value is -2.09. The van der Waals surface area contributed by atoms with E-state index in [0.29, 0.717) is 25.4 Å². The second-order valence-corrected chi connectivity index (χ2v) is 6.89. The van der Waals surface area contributed by atoms with Crippen LogP contribution in [0.4, 0.5) is 0 Å². The Bertz CT molecular complexity index is 696. The van der Waals surface area contributed by atoms with Crippen molar-refractivity contribution in [3.05, 3.63) is 71.8 Å². The summed E-state index contributed by atoms with van der Waals surface area (Å²) in [6.45, 7) is 4.10. The van der Waals surface area contributed by atoms with Crippen LogP contribution in [0.3, 0.4) is 0 Å². The van der Waals surface area contributed by atoms with Gasteiger partial charge >= 0.3 is 0 Å². The molecule has 0 heterocycles. The highest BCUT2D eigenvalue weighted by Crippen LogP contribution is 2.27. The highest BCUT2D eigenvalue weighted by molar-refractivity contribution is 14.0. The number of aliphatic imine (C=N–C) groups is 1. The lowest BCUT2D eigenvalue weighted by atomic mass is 9.89. The third-order valence-corrected chi connectivity index (χ3v) is 4.57. The average molecular weight is 508 g/mol. The predicted molar refractivity (Wildman–Crippen MR) is 132 cm³/mol. The molecule has 0 aliphatic heterocycles. The average Bonchev–Trinajstić information content (AvgIpc) is 2.72. The van der Waals surface area contributed by atoms with Gasteiger partial charge in [0.2, 0.25) is 5.91 Å². The monoisotopic (exact) mass is 508 g/mol. The minimum Gasteiger partial charge on any atom is -0.357 e. The van der Waals surface area contributed by atoms with Crippen molar-refractivity contribution in [2.45, 2.75) is 25.7 Å². The van der Waals surface area contributed by atoms with Gasteiger partial charge in [-0.05, 0) is 24.5 Å². The van der Waals surface area contributed by atoms with Crippen molar-refractivity contribution in [3.63, 3.8) is 0 Å². The Morgan fingerprint density at radius 3 is 2.00 bits per heavy atom. The molecule has 158 valence electrons. The SMILES string of the molecule is CCNC(=NCCC(c1ccccc1)c1ccccc1)NCCC(=O)N(C)C.I. The number of carbonyl (C=O) groups excluding carboxylic acids is 1. The first-order valence-corrected chi connectivity index (χ1v) is 9.94. The van der Waals surface area contributed by atoms with Gasteiger partial charge in [0.05, 0.1) is 0 Å². The molecule has 0 radical (unpaired) electrons. The van der Waals surface area contributed by atoms with E-state index in [0.717, 1.165) is 18.9 Å². The molecule has 0 fully saturated rings. The molecule has 2 aromatic carbocycles.